The van der Waals surface area contributed by atoms with Gasteiger partial charge >= 0.3 is 11.9 Å². The van der Waals surface area contributed by atoms with Gasteiger partial charge in [0.15, 0.2) is 0 Å². The van der Waals surface area contributed by atoms with Crippen LogP contribution in [-0.2, 0) is 16.0 Å². The summed E-state index contributed by atoms with van der Waals surface area (Å²) in [5, 5.41) is 9.15. The Labute approximate surface area is 199 Å². The van der Waals surface area contributed by atoms with E-state index >= 15 is 0 Å². The van der Waals surface area contributed by atoms with E-state index in [0.717, 1.165) is 41.2 Å². The highest BCUT2D eigenvalue weighted by atomic mass is 16.5. The molecule has 1 N–H and O–H groups in total. The van der Waals surface area contributed by atoms with Gasteiger partial charge in [-0.25, -0.2) is 9.59 Å². The SMILES string of the molecule is C=CCCc1ccc(-c2cc(OC(=O)C(=C)CO)ccc2-c2ccc(OC(=O)C=C)cc2)cc1. The Morgan fingerprint density at radius 1 is 0.824 bits per heavy atom. The molecule has 0 aromatic heterocycles. The molecule has 0 aliphatic rings. The third-order valence-corrected chi connectivity index (χ3v) is 5.13. The normalized spacial score (nSPS) is 10.3. The molecule has 0 unspecified atom stereocenters. The van der Waals surface area contributed by atoms with Crippen LogP contribution in [0, 0.1) is 0 Å². The fourth-order valence-corrected chi connectivity index (χ4v) is 3.30. The number of rotatable bonds is 10. The average Bonchev–Trinajstić information content (AvgIpc) is 2.87. The zero-order chi connectivity index (χ0) is 24.5. The highest BCUT2D eigenvalue weighted by Gasteiger charge is 2.14. The van der Waals surface area contributed by atoms with E-state index in [0.29, 0.717) is 11.5 Å². The topological polar surface area (TPSA) is 72.8 Å². The lowest BCUT2D eigenvalue weighted by Crippen LogP contribution is -2.12. The van der Waals surface area contributed by atoms with Gasteiger partial charge in [-0.05, 0) is 64.9 Å². The van der Waals surface area contributed by atoms with Crippen molar-refractivity contribution >= 4 is 11.9 Å². The Morgan fingerprint density at radius 2 is 1.44 bits per heavy atom. The van der Waals surface area contributed by atoms with Crippen LogP contribution in [0.1, 0.15) is 12.0 Å². The van der Waals surface area contributed by atoms with Crippen molar-refractivity contribution in [1.82, 2.24) is 0 Å². The predicted octanol–water partition coefficient (Wildman–Crippen LogP) is 5.68. The Bertz CT molecular complexity index is 1200. The molecular weight excluding hydrogens is 428 g/mol. The molecule has 0 atom stereocenters. The molecule has 0 heterocycles. The second kappa shape index (κ2) is 11.6. The van der Waals surface area contributed by atoms with Crippen LogP contribution >= 0.6 is 0 Å². The number of aliphatic hydroxyl groups excluding tert-OH is 1. The Morgan fingerprint density at radius 3 is 2.06 bits per heavy atom. The Kier molecular flexibility index (Phi) is 8.32. The Balaban J connectivity index is 2.00. The van der Waals surface area contributed by atoms with Gasteiger partial charge in [-0.3, -0.25) is 0 Å². The monoisotopic (exact) mass is 454 g/mol. The molecule has 3 aromatic rings. The zero-order valence-corrected chi connectivity index (χ0v) is 18.8. The molecule has 0 fully saturated rings. The molecule has 5 heteroatoms. The summed E-state index contributed by atoms with van der Waals surface area (Å²) in [5.41, 5.74) is 4.76. The lowest BCUT2D eigenvalue weighted by molar-refractivity contribution is -0.131. The zero-order valence-electron chi connectivity index (χ0n) is 18.8. The van der Waals surface area contributed by atoms with Crippen molar-refractivity contribution in [2.24, 2.45) is 0 Å². The summed E-state index contributed by atoms with van der Waals surface area (Å²) in [6.07, 6.45) is 4.80. The van der Waals surface area contributed by atoms with Crippen LogP contribution in [0.3, 0.4) is 0 Å². The van der Waals surface area contributed by atoms with E-state index in [1.165, 1.54) is 5.56 Å². The van der Waals surface area contributed by atoms with E-state index in [4.69, 9.17) is 14.6 Å². The van der Waals surface area contributed by atoms with Crippen LogP contribution in [0.2, 0.25) is 0 Å². The van der Waals surface area contributed by atoms with E-state index in [-0.39, 0.29) is 5.57 Å². The standard InChI is InChI=1S/C29H26O5/c1-4-6-7-21-8-10-23(11-9-21)27-18-25(34-29(32)20(3)19-30)16-17-26(27)22-12-14-24(15-13-22)33-28(31)5-2/h4-5,8-18,30H,1-3,6-7,19H2. The summed E-state index contributed by atoms with van der Waals surface area (Å²) in [6.45, 7) is 10.2. The third-order valence-electron chi connectivity index (χ3n) is 5.13. The summed E-state index contributed by atoms with van der Waals surface area (Å²) in [4.78, 5) is 23.6. The van der Waals surface area contributed by atoms with Gasteiger partial charge in [0.25, 0.3) is 0 Å². The van der Waals surface area contributed by atoms with E-state index in [9.17, 15) is 9.59 Å². The van der Waals surface area contributed by atoms with Crippen LogP contribution in [-0.4, -0.2) is 23.7 Å². The van der Waals surface area contributed by atoms with Gasteiger partial charge < -0.3 is 14.6 Å². The summed E-state index contributed by atoms with van der Waals surface area (Å²) in [5.74, 6) is -0.463. The Hall–Kier alpha value is -4.22. The lowest BCUT2D eigenvalue weighted by atomic mass is 9.93. The van der Waals surface area contributed by atoms with Crippen molar-refractivity contribution in [3.8, 4) is 33.8 Å². The second-order valence-corrected chi connectivity index (χ2v) is 7.53. The molecule has 0 aliphatic heterocycles. The number of hydrogen-bond donors (Lipinski definition) is 1. The molecule has 3 rings (SSSR count). The van der Waals surface area contributed by atoms with Gasteiger partial charge in [0, 0.05) is 6.08 Å². The first-order valence-electron chi connectivity index (χ1n) is 10.7. The molecule has 0 saturated heterocycles. The van der Waals surface area contributed by atoms with E-state index in [1.54, 1.807) is 24.3 Å². The highest BCUT2D eigenvalue weighted by molar-refractivity contribution is 5.91. The van der Waals surface area contributed by atoms with E-state index in [2.05, 4.69) is 31.9 Å². The summed E-state index contributed by atoms with van der Waals surface area (Å²) >= 11 is 0. The second-order valence-electron chi connectivity index (χ2n) is 7.53. The lowest BCUT2D eigenvalue weighted by Gasteiger charge is -2.14. The summed E-state index contributed by atoms with van der Waals surface area (Å²) < 4.78 is 10.6. The van der Waals surface area contributed by atoms with Crippen LogP contribution < -0.4 is 9.47 Å². The van der Waals surface area contributed by atoms with Crippen LogP contribution in [0.15, 0.2) is 104 Å². The largest absolute Gasteiger partial charge is 0.423 e. The molecule has 0 radical (unpaired) electrons. The number of carbonyl (C=O) groups is 2. The number of esters is 2. The van der Waals surface area contributed by atoms with Gasteiger partial charge in [-0.2, -0.15) is 0 Å². The van der Waals surface area contributed by atoms with Crippen molar-refractivity contribution < 1.29 is 24.2 Å². The first-order chi connectivity index (χ1) is 16.4. The number of ether oxygens (including phenoxy) is 2. The molecule has 0 spiro atoms. The molecule has 0 aliphatic carbocycles. The molecular formula is C29H26O5. The number of hydrogen-bond acceptors (Lipinski definition) is 5. The molecule has 34 heavy (non-hydrogen) atoms. The summed E-state index contributed by atoms with van der Waals surface area (Å²) in [6, 6.07) is 20.6. The average molecular weight is 455 g/mol. The number of benzene rings is 3. The third kappa shape index (κ3) is 6.18. The highest BCUT2D eigenvalue weighted by Crippen LogP contribution is 2.36. The fraction of sp³-hybridized carbons (Fsp3) is 0.103. The maximum Gasteiger partial charge on any atom is 0.341 e. The smallest absolute Gasteiger partial charge is 0.341 e. The maximum atomic E-state index is 12.1. The molecule has 0 bridgehead atoms. The van der Waals surface area contributed by atoms with Crippen molar-refractivity contribution in [1.29, 1.82) is 0 Å². The van der Waals surface area contributed by atoms with Crippen LogP contribution in [0.25, 0.3) is 22.3 Å². The predicted molar refractivity (Wildman–Crippen MR) is 134 cm³/mol. The molecule has 3 aromatic carbocycles. The van der Waals surface area contributed by atoms with Crippen molar-refractivity contribution in [3.05, 3.63) is 110 Å². The van der Waals surface area contributed by atoms with E-state index in [1.807, 2.05) is 36.4 Å². The molecule has 0 saturated carbocycles. The minimum Gasteiger partial charge on any atom is -0.423 e. The van der Waals surface area contributed by atoms with Crippen molar-refractivity contribution in [3.63, 3.8) is 0 Å². The fourth-order valence-electron chi connectivity index (χ4n) is 3.30. The minimum absolute atomic E-state index is 0.0261. The minimum atomic E-state index is -0.686. The molecule has 0 amide bonds. The van der Waals surface area contributed by atoms with E-state index < -0.39 is 18.5 Å². The van der Waals surface area contributed by atoms with Gasteiger partial charge in [-0.15, -0.1) is 6.58 Å². The maximum absolute atomic E-state index is 12.1. The van der Waals surface area contributed by atoms with Crippen molar-refractivity contribution in [2.45, 2.75) is 12.8 Å². The number of aryl methyl sites for hydroxylation is 1. The van der Waals surface area contributed by atoms with Crippen molar-refractivity contribution in [2.75, 3.05) is 6.61 Å². The van der Waals surface area contributed by atoms with Gasteiger partial charge in [-0.1, -0.05) is 61.7 Å². The van der Waals surface area contributed by atoms with Gasteiger partial charge in [0.05, 0.1) is 12.2 Å². The van der Waals surface area contributed by atoms with Gasteiger partial charge in [0.1, 0.15) is 11.5 Å². The van der Waals surface area contributed by atoms with Gasteiger partial charge in [0.2, 0.25) is 0 Å². The van der Waals surface area contributed by atoms with Crippen LogP contribution in [0.4, 0.5) is 0 Å². The molecule has 172 valence electrons. The number of carbonyl (C=O) groups excluding carboxylic acids is 2. The quantitative estimate of drug-likeness (QED) is 0.185. The number of aliphatic hydroxyl groups is 1. The van der Waals surface area contributed by atoms with Crippen LogP contribution in [0.5, 0.6) is 11.5 Å². The first-order valence-corrected chi connectivity index (χ1v) is 10.7. The summed E-state index contributed by atoms with van der Waals surface area (Å²) in [7, 11) is 0. The number of allylic oxidation sites excluding steroid dienone is 1. The molecule has 5 nitrogen and oxygen atoms in total. The first kappa shape index (κ1) is 24.4.